The lowest BCUT2D eigenvalue weighted by molar-refractivity contribution is 0.0341. The van der Waals surface area contributed by atoms with Crippen LogP contribution in [0.25, 0.3) is 0 Å². The molecular formula is C29H35N3O5S. The van der Waals surface area contributed by atoms with Crippen molar-refractivity contribution < 1.29 is 23.1 Å². The average Bonchev–Trinajstić information content (AvgIpc) is 2.91. The van der Waals surface area contributed by atoms with Gasteiger partial charge in [-0.3, -0.25) is 14.4 Å². The van der Waals surface area contributed by atoms with Crippen molar-refractivity contribution in [3.8, 4) is 5.75 Å². The van der Waals surface area contributed by atoms with Crippen molar-refractivity contribution in [3.05, 3.63) is 90.0 Å². The highest BCUT2D eigenvalue weighted by molar-refractivity contribution is 7.92. The fourth-order valence-electron chi connectivity index (χ4n) is 4.58. The molecule has 0 fully saturated rings. The van der Waals surface area contributed by atoms with Crippen molar-refractivity contribution in [3.63, 3.8) is 0 Å². The number of carbonyl (C=O) groups is 1. The van der Waals surface area contributed by atoms with Crippen LogP contribution in [0, 0.1) is 5.92 Å². The third kappa shape index (κ3) is 6.53. The lowest BCUT2D eigenvalue weighted by Gasteiger charge is -2.38. The van der Waals surface area contributed by atoms with Crippen molar-refractivity contribution >= 4 is 21.6 Å². The van der Waals surface area contributed by atoms with Crippen LogP contribution in [0.4, 0.5) is 5.69 Å². The van der Waals surface area contributed by atoms with Gasteiger partial charge in [0.2, 0.25) is 0 Å². The molecule has 9 heteroatoms. The molecule has 202 valence electrons. The highest BCUT2D eigenvalue weighted by Crippen LogP contribution is 2.31. The fraction of sp³-hybridized carbons (Fsp3) is 0.345. The van der Waals surface area contributed by atoms with Gasteiger partial charge in [-0.1, -0.05) is 55.5 Å². The zero-order valence-electron chi connectivity index (χ0n) is 21.9. The number of hydrogen-bond donors (Lipinski definition) is 2. The average molecular weight is 538 g/mol. The molecule has 38 heavy (non-hydrogen) atoms. The predicted octanol–water partition coefficient (Wildman–Crippen LogP) is 3.84. The quantitative estimate of drug-likeness (QED) is 0.430. The Kier molecular flexibility index (Phi) is 8.71. The first-order valence-corrected chi connectivity index (χ1v) is 14.2. The molecule has 0 aromatic heterocycles. The van der Waals surface area contributed by atoms with Gasteiger partial charge < -0.3 is 14.7 Å². The topological polar surface area (TPSA) is 99.2 Å². The van der Waals surface area contributed by atoms with Crippen molar-refractivity contribution in [2.75, 3.05) is 31.5 Å². The lowest BCUT2D eigenvalue weighted by atomic mass is 9.99. The van der Waals surface area contributed by atoms with Crippen LogP contribution in [0.15, 0.2) is 83.8 Å². The van der Waals surface area contributed by atoms with Crippen LogP contribution in [0.3, 0.4) is 0 Å². The summed E-state index contributed by atoms with van der Waals surface area (Å²) in [5.74, 6) is 0.0540. The van der Waals surface area contributed by atoms with E-state index >= 15 is 0 Å². The molecule has 4 rings (SSSR count). The Labute approximate surface area is 224 Å². The molecular weight excluding hydrogens is 502 g/mol. The van der Waals surface area contributed by atoms with E-state index < -0.39 is 16.1 Å². The highest BCUT2D eigenvalue weighted by atomic mass is 32.2. The monoisotopic (exact) mass is 537 g/mol. The smallest absolute Gasteiger partial charge is 0.261 e. The normalized spacial score (nSPS) is 18.8. The van der Waals surface area contributed by atoms with Gasteiger partial charge >= 0.3 is 0 Å². The lowest BCUT2D eigenvalue weighted by Crippen LogP contribution is -2.49. The number of amides is 1. The van der Waals surface area contributed by atoms with Gasteiger partial charge in [0.05, 0.1) is 23.1 Å². The molecule has 0 saturated heterocycles. The summed E-state index contributed by atoms with van der Waals surface area (Å²) in [4.78, 5) is 17.6. The minimum atomic E-state index is -3.84. The standard InChI is InChI=1S/C29H35N3O5S/c1-21-17-32(22(2)20-33)29(34)26-16-24(30-38(35,36)25-12-8-5-9-13-25)14-15-27(26)37-28(21)19-31(3)18-23-10-6-4-7-11-23/h4-16,21-22,28,30,33H,17-20H2,1-3H3/t21-,22+,28-/m0/s1. The molecule has 0 aliphatic carbocycles. The summed E-state index contributed by atoms with van der Waals surface area (Å²) in [7, 11) is -1.80. The van der Waals surface area contributed by atoms with Gasteiger partial charge in [-0.2, -0.15) is 0 Å². The summed E-state index contributed by atoms with van der Waals surface area (Å²) in [5.41, 5.74) is 1.70. The number of likely N-dealkylation sites (N-methyl/N-ethyl adjacent to an activating group) is 1. The third-order valence-electron chi connectivity index (χ3n) is 6.76. The van der Waals surface area contributed by atoms with Crippen molar-refractivity contribution in [1.29, 1.82) is 0 Å². The van der Waals surface area contributed by atoms with Crippen LogP contribution >= 0.6 is 0 Å². The second kappa shape index (κ2) is 12.0. The Morgan fingerprint density at radius 2 is 1.74 bits per heavy atom. The van der Waals surface area contributed by atoms with Gasteiger partial charge in [-0.25, -0.2) is 8.42 Å². The summed E-state index contributed by atoms with van der Waals surface area (Å²) in [6.45, 7) is 5.41. The minimum absolute atomic E-state index is 0.0180. The molecule has 0 saturated carbocycles. The number of ether oxygens (including phenoxy) is 1. The number of benzene rings is 3. The van der Waals surface area contributed by atoms with E-state index in [9.17, 15) is 18.3 Å². The molecule has 0 spiro atoms. The summed E-state index contributed by atoms with van der Waals surface area (Å²) < 4.78 is 34.8. The van der Waals surface area contributed by atoms with Crippen LogP contribution in [-0.2, 0) is 16.6 Å². The SMILES string of the molecule is C[C@H](CO)N1C[C@H](C)[C@H](CN(C)Cc2ccccc2)Oc2ccc(NS(=O)(=O)c3ccccc3)cc2C1=O. The summed E-state index contributed by atoms with van der Waals surface area (Å²) in [5, 5.41) is 9.89. The first-order valence-electron chi connectivity index (χ1n) is 12.7. The Morgan fingerprint density at radius 1 is 1.08 bits per heavy atom. The molecule has 3 atom stereocenters. The fourth-order valence-corrected chi connectivity index (χ4v) is 5.66. The van der Waals surface area contributed by atoms with E-state index in [0.29, 0.717) is 18.8 Å². The molecule has 3 aromatic rings. The molecule has 8 nitrogen and oxygen atoms in total. The van der Waals surface area contributed by atoms with Crippen molar-refractivity contribution in [1.82, 2.24) is 9.80 Å². The van der Waals surface area contributed by atoms with Crippen molar-refractivity contribution in [2.45, 2.75) is 37.4 Å². The van der Waals surface area contributed by atoms with Crippen LogP contribution in [-0.4, -0.2) is 68.1 Å². The predicted molar refractivity (Wildman–Crippen MR) is 148 cm³/mol. The summed E-state index contributed by atoms with van der Waals surface area (Å²) in [6, 6.07) is 22.6. The highest BCUT2D eigenvalue weighted by Gasteiger charge is 2.33. The maximum Gasteiger partial charge on any atom is 0.261 e. The summed E-state index contributed by atoms with van der Waals surface area (Å²) in [6.07, 6.45) is -0.240. The maximum absolute atomic E-state index is 13.6. The van der Waals surface area contributed by atoms with Gasteiger partial charge in [-0.05, 0) is 49.9 Å². The molecule has 1 heterocycles. The van der Waals surface area contributed by atoms with E-state index in [-0.39, 0.29) is 40.7 Å². The second-order valence-electron chi connectivity index (χ2n) is 9.93. The Hall–Kier alpha value is -3.40. The Balaban J connectivity index is 1.63. The first-order chi connectivity index (χ1) is 18.2. The maximum atomic E-state index is 13.6. The first kappa shape index (κ1) is 27.6. The molecule has 0 radical (unpaired) electrons. The van der Waals surface area contributed by atoms with E-state index in [1.54, 1.807) is 42.2 Å². The van der Waals surface area contributed by atoms with E-state index in [0.717, 1.165) is 6.54 Å². The van der Waals surface area contributed by atoms with Gasteiger partial charge in [-0.15, -0.1) is 0 Å². The minimum Gasteiger partial charge on any atom is -0.488 e. The number of hydrogen-bond acceptors (Lipinski definition) is 6. The van der Waals surface area contributed by atoms with Crippen LogP contribution < -0.4 is 9.46 Å². The van der Waals surface area contributed by atoms with Crippen LogP contribution in [0.5, 0.6) is 5.75 Å². The van der Waals surface area contributed by atoms with Gasteiger partial charge in [0, 0.05) is 31.2 Å². The number of aliphatic hydroxyl groups is 1. The molecule has 2 N–H and O–H groups in total. The van der Waals surface area contributed by atoms with E-state index in [4.69, 9.17) is 4.74 Å². The molecule has 0 unspecified atom stereocenters. The largest absolute Gasteiger partial charge is 0.488 e. The Morgan fingerprint density at radius 3 is 2.39 bits per heavy atom. The number of fused-ring (bicyclic) bond motifs is 1. The molecule has 1 aliphatic rings. The summed E-state index contributed by atoms with van der Waals surface area (Å²) >= 11 is 0. The molecule has 1 amide bonds. The molecule has 0 bridgehead atoms. The van der Waals surface area contributed by atoms with Gasteiger partial charge in [0.15, 0.2) is 0 Å². The van der Waals surface area contributed by atoms with Crippen LogP contribution in [0.2, 0.25) is 0 Å². The zero-order valence-corrected chi connectivity index (χ0v) is 22.8. The van der Waals surface area contributed by atoms with Gasteiger partial charge in [0.25, 0.3) is 15.9 Å². The number of nitrogens with one attached hydrogen (secondary N) is 1. The number of carbonyl (C=O) groups excluding carboxylic acids is 1. The number of nitrogens with zero attached hydrogens (tertiary/aromatic N) is 2. The van der Waals surface area contributed by atoms with Gasteiger partial charge in [0.1, 0.15) is 11.9 Å². The number of aliphatic hydroxyl groups excluding tert-OH is 1. The molecule has 1 aliphatic heterocycles. The van der Waals surface area contributed by atoms with E-state index in [1.165, 1.54) is 23.8 Å². The van der Waals surface area contributed by atoms with Crippen molar-refractivity contribution in [2.24, 2.45) is 5.92 Å². The molecule has 3 aromatic carbocycles. The Bertz CT molecular complexity index is 1330. The zero-order chi connectivity index (χ0) is 27.3. The van der Waals surface area contributed by atoms with E-state index in [1.807, 2.05) is 32.2 Å². The van der Waals surface area contributed by atoms with Crippen LogP contribution in [0.1, 0.15) is 29.8 Å². The number of anilines is 1. The number of rotatable bonds is 9. The second-order valence-corrected chi connectivity index (χ2v) is 11.6. The van der Waals surface area contributed by atoms with E-state index in [2.05, 4.69) is 21.8 Å². The number of sulfonamides is 1. The third-order valence-corrected chi connectivity index (χ3v) is 8.15.